The van der Waals surface area contributed by atoms with Gasteiger partial charge in [-0.15, -0.1) is 5.10 Å². The number of carbonyl (C=O) groups excluding carboxylic acids is 1. The number of benzene rings is 1. The van der Waals surface area contributed by atoms with Crippen molar-refractivity contribution in [2.24, 2.45) is 5.73 Å². The second-order valence-corrected chi connectivity index (χ2v) is 4.88. The summed E-state index contributed by atoms with van der Waals surface area (Å²) in [6.45, 7) is 2.91. The lowest BCUT2D eigenvalue weighted by Gasteiger charge is -2.07. The molecular weight excluding hydrogens is 310 g/mol. The lowest BCUT2D eigenvalue weighted by molar-refractivity contribution is 0.102. The zero-order valence-electron chi connectivity index (χ0n) is 10.4. The van der Waals surface area contributed by atoms with Crippen LogP contribution < -0.4 is 11.1 Å². The number of aromatic nitrogens is 3. The Kier molecular flexibility index (Phi) is 4.28. The van der Waals surface area contributed by atoms with E-state index in [1.165, 1.54) is 0 Å². The van der Waals surface area contributed by atoms with E-state index in [1.807, 2.05) is 25.1 Å². The Bertz CT molecular complexity index is 596. The Hall–Kier alpha value is -1.73. The molecule has 2 aromatic rings. The third-order valence-electron chi connectivity index (χ3n) is 2.65. The highest BCUT2D eigenvalue weighted by atomic mass is 79.9. The molecule has 100 valence electrons. The van der Waals surface area contributed by atoms with Crippen LogP contribution in [0.4, 0.5) is 5.69 Å². The van der Waals surface area contributed by atoms with E-state index in [9.17, 15) is 4.79 Å². The average Bonchev–Trinajstić information content (AvgIpc) is 2.84. The second kappa shape index (κ2) is 5.94. The molecule has 1 aromatic carbocycles. The zero-order valence-corrected chi connectivity index (χ0v) is 12.0. The first-order chi connectivity index (χ1) is 9.11. The number of amides is 1. The summed E-state index contributed by atoms with van der Waals surface area (Å²) < 4.78 is 2.49. The first-order valence-electron chi connectivity index (χ1n) is 5.78. The fourth-order valence-corrected chi connectivity index (χ4v) is 1.94. The van der Waals surface area contributed by atoms with Gasteiger partial charge in [-0.1, -0.05) is 27.2 Å². The molecule has 0 fully saturated rings. The Morgan fingerprint density at radius 2 is 2.32 bits per heavy atom. The van der Waals surface area contributed by atoms with Gasteiger partial charge in [-0.3, -0.25) is 9.48 Å². The minimum absolute atomic E-state index is 0.271. The van der Waals surface area contributed by atoms with E-state index < -0.39 is 0 Å². The normalized spacial score (nSPS) is 10.5. The fourth-order valence-electron chi connectivity index (χ4n) is 1.57. The van der Waals surface area contributed by atoms with E-state index in [4.69, 9.17) is 5.73 Å². The zero-order chi connectivity index (χ0) is 13.8. The van der Waals surface area contributed by atoms with Crippen molar-refractivity contribution in [2.75, 3.05) is 11.9 Å². The summed E-state index contributed by atoms with van der Waals surface area (Å²) >= 11 is 3.42. The summed E-state index contributed by atoms with van der Waals surface area (Å²) in [5, 5.41) is 10.4. The van der Waals surface area contributed by atoms with Crippen molar-refractivity contribution in [3.8, 4) is 0 Å². The van der Waals surface area contributed by atoms with Crippen LogP contribution >= 0.6 is 15.9 Å². The Morgan fingerprint density at radius 1 is 1.53 bits per heavy atom. The van der Waals surface area contributed by atoms with Crippen LogP contribution in [0.2, 0.25) is 0 Å². The van der Waals surface area contributed by atoms with Gasteiger partial charge < -0.3 is 11.1 Å². The molecule has 0 aliphatic carbocycles. The fraction of sp³-hybridized carbons (Fsp3) is 0.250. The first-order valence-corrected chi connectivity index (χ1v) is 6.58. The van der Waals surface area contributed by atoms with Gasteiger partial charge in [0.15, 0.2) is 5.69 Å². The molecule has 1 amide bonds. The van der Waals surface area contributed by atoms with Crippen LogP contribution in [0.25, 0.3) is 0 Å². The van der Waals surface area contributed by atoms with Crippen molar-refractivity contribution in [1.82, 2.24) is 15.0 Å². The van der Waals surface area contributed by atoms with Crippen LogP contribution in [0.15, 0.2) is 28.9 Å². The van der Waals surface area contributed by atoms with Crippen molar-refractivity contribution in [1.29, 1.82) is 0 Å². The minimum atomic E-state index is -0.288. The number of anilines is 1. The van der Waals surface area contributed by atoms with Gasteiger partial charge in [-0.25, -0.2) is 0 Å². The summed E-state index contributed by atoms with van der Waals surface area (Å²) in [4.78, 5) is 12.0. The highest BCUT2D eigenvalue weighted by Gasteiger charge is 2.12. The molecule has 0 atom stereocenters. The number of nitrogens with one attached hydrogen (secondary N) is 1. The molecule has 0 aliphatic heterocycles. The molecule has 7 heteroatoms. The van der Waals surface area contributed by atoms with E-state index in [0.29, 0.717) is 13.1 Å². The van der Waals surface area contributed by atoms with Gasteiger partial charge in [0, 0.05) is 16.7 Å². The highest BCUT2D eigenvalue weighted by molar-refractivity contribution is 9.10. The van der Waals surface area contributed by atoms with Gasteiger partial charge in [0.2, 0.25) is 0 Å². The minimum Gasteiger partial charge on any atom is -0.329 e. The Morgan fingerprint density at radius 3 is 3.05 bits per heavy atom. The van der Waals surface area contributed by atoms with Gasteiger partial charge >= 0.3 is 0 Å². The number of rotatable bonds is 4. The van der Waals surface area contributed by atoms with Crippen LogP contribution in [0, 0.1) is 6.92 Å². The lowest BCUT2D eigenvalue weighted by Crippen LogP contribution is -2.13. The summed E-state index contributed by atoms with van der Waals surface area (Å²) in [5.74, 6) is -0.288. The molecule has 19 heavy (non-hydrogen) atoms. The van der Waals surface area contributed by atoms with Gasteiger partial charge in [0.25, 0.3) is 5.91 Å². The molecule has 0 bridgehead atoms. The van der Waals surface area contributed by atoms with E-state index >= 15 is 0 Å². The van der Waals surface area contributed by atoms with Crippen molar-refractivity contribution >= 4 is 27.5 Å². The predicted molar refractivity (Wildman–Crippen MR) is 75.9 cm³/mol. The standard InChI is InChI=1S/C12H14BrN5O/c1-8-9(13)3-2-4-10(8)15-12(19)11-7-18(6-5-14)17-16-11/h2-4,7H,5-6,14H2,1H3,(H,15,19). The number of hydrogen-bond acceptors (Lipinski definition) is 4. The van der Waals surface area contributed by atoms with Gasteiger partial charge in [0.1, 0.15) is 0 Å². The van der Waals surface area contributed by atoms with E-state index in [0.717, 1.165) is 15.7 Å². The van der Waals surface area contributed by atoms with Crippen molar-refractivity contribution in [3.05, 3.63) is 40.1 Å². The van der Waals surface area contributed by atoms with Crippen LogP contribution in [0.3, 0.4) is 0 Å². The molecule has 1 heterocycles. The molecule has 1 aromatic heterocycles. The quantitative estimate of drug-likeness (QED) is 0.894. The highest BCUT2D eigenvalue weighted by Crippen LogP contribution is 2.23. The lowest BCUT2D eigenvalue weighted by atomic mass is 10.2. The number of hydrogen-bond donors (Lipinski definition) is 2. The Balaban J connectivity index is 2.14. The van der Waals surface area contributed by atoms with Crippen molar-refractivity contribution < 1.29 is 4.79 Å². The van der Waals surface area contributed by atoms with Crippen LogP contribution in [-0.2, 0) is 6.54 Å². The Labute approximate surface area is 119 Å². The molecule has 0 aliphatic rings. The number of halogens is 1. The maximum Gasteiger partial charge on any atom is 0.277 e. The summed E-state index contributed by atoms with van der Waals surface area (Å²) in [6, 6.07) is 5.61. The smallest absolute Gasteiger partial charge is 0.277 e. The number of carbonyl (C=O) groups is 1. The third-order valence-corrected chi connectivity index (χ3v) is 3.50. The van der Waals surface area contributed by atoms with Gasteiger partial charge in [-0.2, -0.15) is 0 Å². The largest absolute Gasteiger partial charge is 0.329 e. The average molecular weight is 324 g/mol. The molecule has 6 nitrogen and oxygen atoms in total. The van der Waals surface area contributed by atoms with E-state index in [2.05, 4.69) is 31.6 Å². The maximum absolute atomic E-state index is 12.0. The van der Waals surface area contributed by atoms with E-state index in [1.54, 1.807) is 10.9 Å². The third kappa shape index (κ3) is 3.18. The predicted octanol–water partition coefficient (Wildman–Crippen LogP) is 1.56. The van der Waals surface area contributed by atoms with Gasteiger partial charge in [0.05, 0.1) is 12.7 Å². The monoisotopic (exact) mass is 323 g/mol. The topological polar surface area (TPSA) is 85.8 Å². The summed E-state index contributed by atoms with van der Waals surface area (Å²) in [7, 11) is 0. The van der Waals surface area contributed by atoms with Crippen LogP contribution in [0.5, 0.6) is 0 Å². The SMILES string of the molecule is Cc1c(Br)cccc1NC(=O)c1cn(CCN)nn1. The molecular formula is C12H14BrN5O. The van der Waals surface area contributed by atoms with Crippen molar-refractivity contribution in [2.45, 2.75) is 13.5 Å². The number of nitrogens with zero attached hydrogens (tertiary/aromatic N) is 3. The molecule has 3 N–H and O–H groups in total. The second-order valence-electron chi connectivity index (χ2n) is 4.02. The van der Waals surface area contributed by atoms with Crippen molar-refractivity contribution in [3.63, 3.8) is 0 Å². The van der Waals surface area contributed by atoms with Crippen LogP contribution in [-0.4, -0.2) is 27.4 Å². The summed E-state index contributed by atoms with van der Waals surface area (Å²) in [6.07, 6.45) is 1.58. The maximum atomic E-state index is 12.0. The molecule has 0 radical (unpaired) electrons. The summed E-state index contributed by atoms with van der Waals surface area (Å²) in [5.41, 5.74) is 7.39. The molecule has 2 rings (SSSR count). The molecule has 0 saturated carbocycles. The molecule has 0 spiro atoms. The number of nitrogens with two attached hydrogens (primary N) is 1. The first kappa shape index (κ1) is 13.7. The van der Waals surface area contributed by atoms with E-state index in [-0.39, 0.29) is 11.6 Å². The van der Waals surface area contributed by atoms with Gasteiger partial charge in [-0.05, 0) is 24.6 Å². The van der Waals surface area contributed by atoms with Crippen LogP contribution in [0.1, 0.15) is 16.1 Å². The molecule has 0 unspecified atom stereocenters. The molecule has 0 saturated heterocycles.